The maximum absolute atomic E-state index is 6.49. The Morgan fingerprint density at radius 3 is 2.08 bits per heavy atom. The zero-order valence-electron chi connectivity index (χ0n) is 33.2. The Morgan fingerprint density at radius 2 is 1.22 bits per heavy atom. The molecular weight excluding hydrogens is 741 g/mol. The van der Waals surface area contributed by atoms with E-state index in [9.17, 15) is 0 Å². The average Bonchev–Trinajstić information content (AvgIpc) is 3.97. The maximum atomic E-state index is 6.49. The Hall–Kier alpha value is -6.63. The molecule has 286 valence electrons. The van der Waals surface area contributed by atoms with E-state index in [-0.39, 0.29) is 0 Å². The zero-order chi connectivity index (χ0) is 39.5. The number of thiophene rings is 1. The first-order valence-corrected chi connectivity index (χ1v) is 21.7. The number of unbranched alkanes of at least 4 members (excludes halogenated alkanes) is 2. The van der Waals surface area contributed by atoms with Gasteiger partial charge in [-0.3, -0.25) is 4.57 Å². The number of rotatable bonds is 10. The second-order valence-electron chi connectivity index (χ2n) is 15.7. The molecule has 0 radical (unpaired) electrons. The third-order valence-corrected chi connectivity index (χ3v) is 13.1. The summed E-state index contributed by atoms with van der Waals surface area (Å²) in [5.41, 5.74) is 10.9. The first-order valence-electron chi connectivity index (χ1n) is 20.9. The van der Waals surface area contributed by atoms with Gasteiger partial charge in [0.05, 0.1) is 11.0 Å². The minimum Gasteiger partial charge on any atom is -0.456 e. The molecule has 0 N–H and O–H groups in total. The van der Waals surface area contributed by atoms with E-state index in [2.05, 4.69) is 146 Å². The highest BCUT2D eigenvalue weighted by atomic mass is 32.1. The topological polar surface area (TPSA) is 56.7 Å². The van der Waals surface area contributed by atoms with E-state index in [1.807, 2.05) is 29.5 Å². The molecule has 6 heteroatoms. The lowest BCUT2D eigenvalue weighted by Gasteiger charge is -2.12. The Balaban J connectivity index is 1.09. The number of aryl methyl sites for hydroxylation is 2. The first kappa shape index (κ1) is 35.5. The van der Waals surface area contributed by atoms with Crippen molar-refractivity contribution in [2.75, 3.05) is 0 Å². The van der Waals surface area contributed by atoms with Gasteiger partial charge in [0.25, 0.3) is 0 Å². The van der Waals surface area contributed by atoms with Gasteiger partial charge < -0.3 is 4.42 Å². The fourth-order valence-electron chi connectivity index (χ4n) is 8.86. The van der Waals surface area contributed by atoms with Crippen molar-refractivity contribution in [3.05, 3.63) is 157 Å². The number of furan rings is 1. The van der Waals surface area contributed by atoms with Crippen molar-refractivity contribution in [1.82, 2.24) is 19.5 Å². The average molecular weight is 783 g/mol. The van der Waals surface area contributed by atoms with Gasteiger partial charge in [-0.25, -0.2) is 4.98 Å². The highest BCUT2D eigenvalue weighted by Crippen LogP contribution is 2.43. The van der Waals surface area contributed by atoms with Crippen LogP contribution in [0.4, 0.5) is 0 Å². The molecule has 0 amide bonds. The van der Waals surface area contributed by atoms with Crippen LogP contribution in [0, 0.1) is 0 Å². The van der Waals surface area contributed by atoms with Crippen LogP contribution >= 0.6 is 11.3 Å². The molecular formula is C53H42N4OS. The van der Waals surface area contributed by atoms with Crippen LogP contribution in [-0.4, -0.2) is 19.5 Å². The van der Waals surface area contributed by atoms with E-state index < -0.39 is 0 Å². The predicted octanol–water partition coefficient (Wildman–Crippen LogP) is 14.9. The van der Waals surface area contributed by atoms with E-state index in [0.717, 1.165) is 91.7 Å². The third kappa shape index (κ3) is 6.09. The van der Waals surface area contributed by atoms with Crippen molar-refractivity contribution in [1.29, 1.82) is 0 Å². The van der Waals surface area contributed by atoms with E-state index in [1.54, 1.807) is 0 Å². The van der Waals surface area contributed by atoms with Crippen molar-refractivity contribution in [2.45, 2.75) is 52.4 Å². The van der Waals surface area contributed by atoms with Gasteiger partial charge in [-0.15, -0.1) is 11.3 Å². The number of hydrogen-bond donors (Lipinski definition) is 0. The lowest BCUT2D eigenvalue weighted by atomic mass is 9.99. The molecule has 7 aromatic carbocycles. The molecule has 0 spiro atoms. The molecule has 59 heavy (non-hydrogen) atoms. The molecule has 0 unspecified atom stereocenters. The van der Waals surface area contributed by atoms with Gasteiger partial charge in [0, 0.05) is 52.8 Å². The second kappa shape index (κ2) is 14.6. The van der Waals surface area contributed by atoms with Crippen LogP contribution in [-0.2, 0) is 12.8 Å². The molecule has 4 heterocycles. The van der Waals surface area contributed by atoms with Gasteiger partial charge in [-0.2, -0.15) is 9.97 Å². The molecule has 11 rings (SSSR count). The van der Waals surface area contributed by atoms with Crippen LogP contribution in [0.25, 0.3) is 104 Å². The Labute approximate surface area is 346 Å². The highest BCUT2D eigenvalue weighted by Gasteiger charge is 2.21. The fraction of sp³-hybridized carbons (Fsp3) is 0.151. The molecule has 11 aromatic rings. The van der Waals surface area contributed by atoms with Gasteiger partial charge in [-0.05, 0) is 96.5 Å². The normalized spacial score (nSPS) is 12.0. The predicted molar refractivity (Wildman–Crippen MR) is 248 cm³/mol. The SMILES string of the molecule is CCCCc1ccc2c(c1)oc1cc(-c3ccc4c(c3)c3ccccc3n4-c3nc(-c4ccccc4)nc(-c4ccc(CCCC)c5c4sc4ccccc45)n3)ccc12. The largest absolute Gasteiger partial charge is 0.456 e. The van der Waals surface area contributed by atoms with Crippen molar-refractivity contribution in [3.8, 4) is 39.9 Å². The van der Waals surface area contributed by atoms with Crippen LogP contribution in [0.3, 0.4) is 0 Å². The molecule has 0 saturated heterocycles. The van der Waals surface area contributed by atoms with Crippen molar-refractivity contribution >= 4 is 75.3 Å². The summed E-state index contributed by atoms with van der Waals surface area (Å²) < 4.78 is 11.2. The maximum Gasteiger partial charge on any atom is 0.238 e. The van der Waals surface area contributed by atoms with Crippen LogP contribution in [0.15, 0.2) is 150 Å². The van der Waals surface area contributed by atoms with Crippen molar-refractivity contribution in [2.24, 2.45) is 0 Å². The molecule has 0 fully saturated rings. The number of hydrogen-bond acceptors (Lipinski definition) is 5. The minimum absolute atomic E-state index is 0.596. The number of para-hydroxylation sites is 1. The van der Waals surface area contributed by atoms with Gasteiger partial charge in [0.2, 0.25) is 5.95 Å². The molecule has 0 aliphatic heterocycles. The molecule has 0 atom stereocenters. The van der Waals surface area contributed by atoms with Gasteiger partial charge in [0.15, 0.2) is 11.6 Å². The molecule has 0 aliphatic carbocycles. The quantitative estimate of drug-likeness (QED) is 0.139. The fourth-order valence-corrected chi connectivity index (χ4v) is 10.1. The minimum atomic E-state index is 0.596. The summed E-state index contributed by atoms with van der Waals surface area (Å²) in [6, 6.07) is 52.2. The summed E-state index contributed by atoms with van der Waals surface area (Å²) in [5.74, 6) is 1.92. The molecule has 5 nitrogen and oxygen atoms in total. The summed E-state index contributed by atoms with van der Waals surface area (Å²) in [5, 5.41) is 7.21. The van der Waals surface area contributed by atoms with E-state index >= 15 is 0 Å². The Bertz CT molecular complexity index is 3370. The third-order valence-electron chi connectivity index (χ3n) is 11.9. The van der Waals surface area contributed by atoms with E-state index in [4.69, 9.17) is 19.4 Å². The number of aromatic nitrogens is 4. The second-order valence-corrected chi connectivity index (χ2v) is 16.7. The molecule has 0 saturated carbocycles. The molecule has 4 aromatic heterocycles. The molecule has 0 aliphatic rings. The van der Waals surface area contributed by atoms with Gasteiger partial charge in [-0.1, -0.05) is 124 Å². The zero-order valence-corrected chi connectivity index (χ0v) is 34.0. The van der Waals surface area contributed by atoms with Crippen LogP contribution in [0.1, 0.15) is 50.7 Å². The number of fused-ring (bicyclic) bond motifs is 9. The number of benzene rings is 7. The summed E-state index contributed by atoms with van der Waals surface area (Å²) in [7, 11) is 0. The van der Waals surface area contributed by atoms with Crippen molar-refractivity contribution < 1.29 is 4.42 Å². The monoisotopic (exact) mass is 782 g/mol. The summed E-state index contributed by atoms with van der Waals surface area (Å²) in [4.78, 5) is 15.8. The van der Waals surface area contributed by atoms with Crippen LogP contribution in [0.5, 0.6) is 0 Å². The van der Waals surface area contributed by atoms with Gasteiger partial charge in [0.1, 0.15) is 11.2 Å². The first-order chi connectivity index (χ1) is 29.1. The van der Waals surface area contributed by atoms with Gasteiger partial charge >= 0.3 is 0 Å². The number of nitrogens with zero attached hydrogens (tertiary/aromatic N) is 4. The summed E-state index contributed by atoms with van der Waals surface area (Å²) >= 11 is 1.83. The van der Waals surface area contributed by atoms with E-state index in [0.29, 0.717) is 17.6 Å². The summed E-state index contributed by atoms with van der Waals surface area (Å²) in [6.07, 6.45) is 6.78. The van der Waals surface area contributed by atoms with E-state index in [1.165, 1.54) is 44.1 Å². The van der Waals surface area contributed by atoms with Crippen molar-refractivity contribution in [3.63, 3.8) is 0 Å². The van der Waals surface area contributed by atoms with Crippen LogP contribution in [0.2, 0.25) is 0 Å². The standard InChI is InChI=1S/C53H42N4OS/c1-3-5-14-33-22-26-39-40-27-24-37(32-47(40)58-46(39)30-33)36-25-29-45-43(31-36)38-18-10-12-20-44(38)57(45)53-55-51(35-16-8-7-9-17-35)54-52(56-53)42-28-23-34(15-6-4-2)49-41-19-11-13-21-48(41)59-50(42)49/h7-13,16-32H,3-6,14-15H2,1-2H3. The highest BCUT2D eigenvalue weighted by molar-refractivity contribution is 7.26. The Morgan fingerprint density at radius 1 is 0.525 bits per heavy atom. The smallest absolute Gasteiger partial charge is 0.238 e. The van der Waals surface area contributed by atoms with Crippen LogP contribution < -0.4 is 0 Å². The lowest BCUT2D eigenvalue weighted by molar-refractivity contribution is 0.667. The summed E-state index contributed by atoms with van der Waals surface area (Å²) in [6.45, 7) is 4.49. The Kier molecular flexibility index (Phi) is 8.81. The molecule has 0 bridgehead atoms. The lowest BCUT2D eigenvalue weighted by Crippen LogP contribution is -2.06.